The van der Waals surface area contributed by atoms with Crippen LogP contribution in [0.15, 0.2) is 23.2 Å². The highest BCUT2D eigenvalue weighted by Crippen LogP contribution is 2.43. The highest BCUT2D eigenvalue weighted by molar-refractivity contribution is 8.16. The summed E-state index contributed by atoms with van der Waals surface area (Å²) in [5.41, 5.74) is 0.734. The van der Waals surface area contributed by atoms with Crippen molar-refractivity contribution in [3.8, 4) is 11.5 Å². The van der Waals surface area contributed by atoms with Crippen LogP contribution in [0.5, 0.6) is 11.5 Å². The fraction of sp³-hybridized carbons (Fsp3) is 0.500. The molecule has 0 unspecified atom stereocenters. The number of aliphatic imine (C=N–C) groups is 1. The molecule has 2 heterocycles. The van der Waals surface area contributed by atoms with E-state index in [-0.39, 0.29) is 28.7 Å². The molecule has 2 aliphatic heterocycles. The molecule has 2 aliphatic rings. The first-order valence-electron chi connectivity index (χ1n) is 7.88. The number of methoxy groups -OCH3 is 2. The molecule has 0 radical (unpaired) electrons. The largest absolute Gasteiger partial charge is 0.493 e. The second-order valence-corrected chi connectivity index (χ2v) is 9.21. The van der Waals surface area contributed by atoms with Gasteiger partial charge < -0.3 is 14.4 Å². The van der Waals surface area contributed by atoms with E-state index in [9.17, 15) is 13.2 Å². The first-order valence-corrected chi connectivity index (χ1v) is 10.6. The van der Waals surface area contributed by atoms with Crippen LogP contribution in [-0.2, 0) is 14.6 Å². The predicted molar refractivity (Wildman–Crippen MR) is 98.6 cm³/mol. The van der Waals surface area contributed by atoms with Gasteiger partial charge in [0.1, 0.15) is 0 Å². The SMILES string of the molecule is CCC(=O)N=C1S[C@H]2CS(=O)(=O)C[C@H]2N1c1ccc(OC)c(OC)c1. The topological polar surface area (TPSA) is 85.3 Å². The van der Waals surface area contributed by atoms with Crippen molar-refractivity contribution in [3.05, 3.63) is 18.2 Å². The average Bonchev–Trinajstić information content (AvgIpc) is 3.04. The third-order valence-corrected chi connectivity index (χ3v) is 7.44. The maximum atomic E-state index is 12.0. The molecule has 9 heteroatoms. The van der Waals surface area contributed by atoms with Crippen LogP contribution in [0.3, 0.4) is 0 Å². The molecule has 2 saturated heterocycles. The molecular formula is C16H20N2O5S2. The molecule has 0 bridgehead atoms. The Morgan fingerprint density at radius 3 is 2.64 bits per heavy atom. The lowest BCUT2D eigenvalue weighted by Gasteiger charge is -2.25. The summed E-state index contributed by atoms with van der Waals surface area (Å²) >= 11 is 1.36. The predicted octanol–water partition coefficient (Wildman–Crippen LogP) is 1.72. The van der Waals surface area contributed by atoms with Crippen molar-refractivity contribution < 1.29 is 22.7 Å². The Morgan fingerprint density at radius 1 is 1.28 bits per heavy atom. The van der Waals surface area contributed by atoms with E-state index < -0.39 is 9.84 Å². The number of ether oxygens (including phenoxy) is 2. The van der Waals surface area contributed by atoms with E-state index in [4.69, 9.17) is 9.47 Å². The van der Waals surface area contributed by atoms with Crippen LogP contribution in [0.4, 0.5) is 5.69 Å². The van der Waals surface area contributed by atoms with Crippen LogP contribution in [0.25, 0.3) is 0 Å². The summed E-state index contributed by atoms with van der Waals surface area (Å²) in [6, 6.07) is 5.12. The zero-order valence-electron chi connectivity index (χ0n) is 14.3. The summed E-state index contributed by atoms with van der Waals surface area (Å²) < 4.78 is 34.7. The Hall–Kier alpha value is -1.74. The molecule has 2 atom stereocenters. The van der Waals surface area contributed by atoms with E-state index in [1.54, 1.807) is 33.3 Å². The van der Waals surface area contributed by atoms with Crippen LogP contribution < -0.4 is 14.4 Å². The van der Waals surface area contributed by atoms with E-state index in [2.05, 4.69) is 4.99 Å². The van der Waals surface area contributed by atoms with Gasteiger partial charge in [-0.05, 0) is 12.1 Å². The Bertz CT molecular complexity index is 822. The third kappa shape index (κ3) is 3.48. The first kappa shape index (κ1) is 18.1. The van der Waals surface area contributed by atoms with Gasteiger partial charge in [-0.15, -0.1) is 0 Å². The highest BCUT2D eigenvalue weighted by Gasteiger charge is 2.49. The highest BCUT2D eigenvalue weighted by atomic mass is 32.2. The van der Waals surface area contributed by atoms with Crippen LogP contribution in [0.1, 0.15) is 13.3 Å². The summed E-state index contributed by atoms with van der Waals surface area (Å²) in [4.78, 5) is 17.8. The van der Waals surface area contributed by atoms with Gasteiger partial charge in [0, 0.05) is 23.4 Å². The molecule has 136 valence electrons. The molecule has 2 fully saturated rings. The monoisotopic (exact) mass is 384 g/mol. The molecule has 0 spiro atoms. The number of anilines is 1. The van der Waals surface area contributed by atoms with Crippen LogP contribution in [-0.4, -0.2) is 56.5 Å². The summed E-state index contributed by atoms with van der Waals surface area (Å²) in [6.07, 6.45) is 0.303. The fourth-order valence-electron chi connectivity index (χ4n) is 3.03. The van der Waals surface area contributed by atoms with Crippen molar-refractivity contribution in [2.75, 3.05) is 30.6 Å². The third-order valence-electron chi connectivity index (χ3n) is 4.23. The average molecular weight is 384 g/mol. The number of carbonyl (C=O) groups is 1. The van der Waals surface area contributed by atoms with Gasteiger partial charge in [-0.3, -0.25) is 4.79 Å². The number of carbonyl (C=O) groups excluding carboxylic acids is 1. The summed E-state index contributed by atoms with van der Waals surface area (Å²) in [5, 5.41) is 0.422. The van der Waals surface area contributed by atoms with Gasteiger partial charge in [0.25, 0.3) is 0 Å². The van der Waals surface area contributed by atoms with Gasteiger partial charge in [0.05, 0.1) is 31.8 Å². The lowest BCUT2D eigenvalue weighted by molar-refractivity contribution is -0.117. The quantitative estimate of drug-likeness (QED) is 0.781. The van der Waals surface area contributed by atoms with Crippen molar-refractivity contribution >= 4 is 38.4 Å². The van der Waals surface area contributed by atoms with E-state index >= 15 is 0 Å². The molecule has 1 aromatic rings. The smallest absolute Gasteiger partial charge is 0.247 e. The summed E-state index contributed by atoms with van der Waals surface area (Å²) in [5.74, 6) is 1.05. The van der Waals surface area contributed by atoms with Crippen molar-refractivity contribution in [3.63, 3.8) is 0 Å². The number of rotatable bonds is 4. The molecular weight excluding hydrogens is 364 g/mol. The zero-order valence-corrected chi connectivity index (χ0v) is 15.9. The minimum atomic E-state index is -3.09. The normalized spacial score (nSPS) is 25.9. The second-order valence-electron chi connectivity index (χ2n) is 5.85. The van der Waals surface area contributed by atoms with Crippen LogP contribution >= 0.6 is 11.8 Å². The number of benzene rings is 1. The van der Waals surface area contributed by atoms with E-state index in [1.165, 1.54) is 11.8 Å². The van der Waals surface area contributed by atoms with Crippen molar-refractivity contribution in [2.24, 2.45) is 4.99 Å². The van der Waals surface area contributed by atoms with Gasteiger partial charge in [-0.1, -0.05) is 18.7 Å². The van der Waals surface area contributed by atoms with Gasteiger partial charge in [0.15, 0.2) is 26.5 Å². The lowest BCUT2D eigenvalue weighted by atomic mass is 10.2. The number of hydrogen-bond acceptors (Lipinski definition) is 6. The van der Waals surface area contributed by atoms with E-state index in [0.717, 1.165) is 5.69 Å². The van der Waals surface area contributed by atoms with E-state index in [1.807, 2.05) is 11.0 Å². The lowest BCUT2D eigenvalue weighted by Crippen LogP contribution is -2.37. The summed E-state index contributed by atoms with van der Waals surface area (Å²) in [7, 11) is 0.000923. The van der Waals surface area contributed by atoms with E-state index in [0.29, 0.717) is 23.1 Å². The molecule has 0 aliphatic carbocycles. The molecule has 1 aromatic carbocycles. The molecule has 0 N–H and O–H groups in total. The maximum absolute atomic E-state index is 12.0. The van der Waals surface area contributed by atoms with Crippen molar-refractivity contribution in [1.29, 1.82) is 0 Å². The standard InChI is InChI=1S/C16H20N2O5S2/c1-4-15(19)17-16-18(11-8-25(20,21)9-14(11)24-16)10-5-6-12(22-2)13(7-10)23-3/h5-7,11,14H,4,8-9H2,1-3H3/t11-,14+/m1/s1. The molecule has 3 rings (SSSR count). The maximum Gasteiger partial charge on any atom is 0.247 e. The Morgan fingerprint density at radius 2 is 2.00 bits per heavy atom. The number of thioether (sulfide) groups is 1. The number of hydrogen-bond donors (Lipinski definition) is 0. The number of fused-ring (bicyclic) bond motifs is 1. The fourth-order valence-corrected chi connectivity index (χ4v) is 6.96. The minimum absolute atomic E-state index is 0.0539. The second kappa shape index (κ2) is 6.87. The van der Waals surface area contributed by atoms with Gasteiger partial charge in [0.2, 0.25) is 5.91 Å². The zero-order chi connectivity index (χ0) is 18.2. The van der Waals surface area contributed by atoms with Crippen LogP contribution in [0.2, 0.25) is 0 Å². The van der Waals surface area contributed by atoms with Crippen LogP contribution in [0, 0.1) is 0 Å². The van der Waals surface area contributed by atoms with Crippen molar-refractivity contribution in [2.45, 2.75) is 24.6 Å². The van der Waals surface area contributed by atoms with Gasteiger partial charge in [-0.2, -0.15) is 4.99 Å². The Labute approximate surface area is 151 Å². The Balaban J connectivity index is 2.04. The van der Waals surface area contributed by atoms with Gasteiger partial charge in [-0.25, -0.2) is 8.42 Å². The first-order chi connectivity index (χ1) is 11.9. The molecule has 0 saturated carbocycles. The number of nitrogens with zero attached hydrogens (tertiary/aromatic N) is 2. The molecule has 1 amide bonds. The molecule has 0 aromatic heterocycles. The number of sulfone groups is 1. The number of amides is 1. The molecule has 25 heavy (non-hydrogen) atoms. The van der Waals surface area contributed by atoms with Gasteiger partial charge >= 0.3 is 0 Å². The number of amidine groups is 1. The summed E-state index contributed by atoms with van der Waals surface area (Å²) in [6.45, 7) is 1.75. The molecule has 7 nitrogen and oxygen atoms in total. The van der Waals surface area contributed by atoms with Crippen molar-refractivity contribution in [1.82, 2.24) is 0 Å². The minimum Gasteiger partial charge on any atom is -0.493 e. The Kier molecular flexibility index (Phi) is 4.97.